The van der Waals surface area contributed by atoms with Crippen LogP contribution in [0.25, 0.3) is 0 Å². The second kappa shape index (κ2) is 5.15. The normalized spacial score (nSPS) is 15.1. The molecule has 16 heavy (non-hydrogen) atoms. The van der Waals surface area contributed by atoms with Crippen molar-refractivity contribution < 1.29 is 4.79 Å². The van der Waals surface area contributed by atoms with Crippen LogP contribution in [0.5, 0.6) is 0 Å². The molecule has 0 spiro atoms. The summed E-state index contributed by atoms with van der Waals surface area (Å²) in [6, 6.07) is 8.27. The number of unbranched alkanes of at least 4 members (excludes halogenated alkanes) is 2. The van der Waals surface area contributed by atoms with E-state index in [1.54, 1.807) is 0 Å². The second-order valence-corrected chi connectivity index (χ2v) is 4.47. The van der Waals surface area contributed by atoms with Crippen molar-refractivity contribution in [2.24, 2.45) is 0 Å². The van der Waals surface area contributed by atoms with Crippen molar-refractivity contribution >= 4 is 11.5 Å². The molecule has 1 aromatic rings. The minimum atomic E-state index is 0.343. The molecule has 0 saturated heterocycles. The van der Waals surface area contributed by atoms with Crippen LogP contribution in [0.1, 0.15) is 31.7 Å². The Hall–Kier alpha value is -1.31. The maximum atomic E-state index is 11.6. The van der Waals surface area contributed by atoms with E-state index < -0.39 is 0 Å². The van der Waals surface area contributed by atoms with Crippen molar-refractivity contribution in [3.63, 3.8) is 0 Å². The van der Waals surface area contributed by atoms with E-state index in [4.69, 9.17) is 0 Å². The molecule has 0 bridgehead atoms. The molecule has 2 heteroatoms. The van der Waals surface area contributed by atoms with Gasteiger partial charge in [0.1, 0.15) is 0 Å². The molecule has 0 saturated carbocycles. The van der Waals surface area contributed by atoms with Crippen LogP contribution in [0.3, 0.4) is 0 Å². The quantitative estimate of drug-likeness (QED) is 0.723. The first kappa shape index (κ1) is 11.2. The van der Waals surface area contributed by atoms with Gasteiger partial charge in [0.05, 0.1) is 6.54 Å². The van der Waals surface area contributed by atoms with Gasteiger partial charge in [-0.3, -0.25) is 4.79 Å². The topological polar surface area (TPSA) is 20.3 Å². The molecular formula is C14H19NO. The van der Waals surface area contributed by atoms with Crippen molar-refractivity contribution in [2.45, 2.75) is 32.6 Å². The van der Waals surface area contributed by atoms with E-state index in [9.17, 15) is 4.79 Å². The number of nitrogens with zero attached hydrogens (tertiary/aromatic N) is 1. The first-order valence-corrected chi connectivity index (χ1v) is 6.16. The summed E-state index contributed by atoms with van der Waals surface area (Å²) < 4.78 is 0. The molecule has 2 rings (SSSR count). The van der Waals surface area contributed by atoms with Crippen LogP contribution < -0.4 is 4.90 Å². The first-order chi connectivity index (χ1) is 7.81. The van der Waals surface area contributed by atoms with E-state index in [1.807, 2.05) is 6.07 Å². The SMILES string of the molecule is CCCCCN1CC(=O)Cc2ccccc21. The number of hydrogen-bond donors (Lipinski definition) is 0. The summed E-state index contributed by atoms with van der Waals surface area (Å²) >= 11 is 0. The molecule has 86 valence electrons. The van der Waals surface area contributed by atoms with Gasteiger partial charge >= 0.3 is 0 Å². The van der Waals surface area contributed by atoms with Gasteiger partial charge < -0.3 is 4.90 Å². The number of ketones is 1. The summed E-state index contributed by atoms with van der Waals surface area (Å²) in [5.74, 6) is 0.343. The molecule has 2 nitrogen and oxygen atoms in total. The summed E-state index contributed by atoms with van der Waals surface area (Å²) in [5, 5.41) is 0. The van der Waals surface area contributed by atoms with E-state index >= 15 is 0 Å². The van der Waals surface area contributed by atoms with Gasteiger partial charge in [-0.2, -0.15) is 0 Å². The zero-order chi connectivity index (χ0) is 11.4. The summed E-state index contributed by atoms with van der Waals surface area (Å²) in [6.45, 7) is 3.81. The van der Waals surface area contributed by atoms with Gasteiger partial charge in [0.25, 0.3) is 0 Å². The highest BCUT2D eigenvalue weighted by atomic mass is 16.1. The molecule has 0 radical (unpaired) electrons. The zero-order valence-electron chi connectivity index (χ0n) is 9.91. The van der Waals surface area contributed by atoms with Crippen LogP contribution in [0.2, 0.25) is 0 Å². The summed E-state index contributed by atoms with van der Waals surface area (Å²) in [4.78, 5) is 13.9. The third-order valence-corrected chi connectivity index (χ3v) is 3.12. The highest BCUT2D eigenvalue weighted by molar-refractivity contribution is 5.90. The number of benzene rings is 1. The Morgan fingerprint density at radius 2 is 2.06 bits per heavy atom. The molecule has 0 aromatic heterocycles. The zero-order valence-corrected chi connectivity index (χ0v) is 9.91. The van der Waals surface area contributed by atoms with Gasteiger partial charge in [0.2, 0.25) is 0 Å². The number of para-hydroxylation sites is 1. The van der Waals surface area contributed by atoms with E-state index in [0.717, 1.165) is 6.54 Å². The monoisotopic (exact) mass is 217 g/mol. The third kappa shape index (κ3) is 2.43. The Kier molecular flexibility index (Phi) is 3.60. The Morgan fingerprint density at radius 1 is 1.25 bits per heavy atom. The molecule has 1 aliphatic heterocycles. The van der Waals surface area contributed by atoms with Gasteiger partial charge in [-0.15, -0.1) is 0 Å². The lowest BCUT2D eigenvalue weighted by Crippen LogP contribution is -2.36. The third-order valence-electron chi connectivity index (χ3n) is 3.12. The van der Waals surface area contributed by atoms with Gasteiger partial charge in [-0.25, -0.2) is 0 Å². The first-order valence-electron chi connectivity index (χ1n) is 6.16. The highest BCUT2D eigenvalue weighted by Crippen LogP contribution is 2.25. The molecule has 0 aliphatic carbocycles. The highest BCUT2D eigenvalue weighted by Gasteiger charge is 2.20. The van der Waals surface area contributed by atoms with Crippen molar-refractivity contribution in [3.8, 4) is 0 Å². The molecule has 1 heterocycles. The maximum Gasteiger partial charge on any atom is 0.156 e. The lowest BCUT2D eigenvalue weighted by Gasteiger charge is -2.30. The second-order valence-electron chi connectivity index (χ2n) is 4.47. The van der Waals surface area contributed by atoms with Gasteiger partial charge in [0.15, 0.2) is 5.78 Å². The fourth-order valence-corrected chi connectivity index (χ4v) is 2.29. The van der Waals surface area contributed by atoms with Crippen molar-refractivity contribution in [1.82, 2.24) is 0 Å². The molecule has 0 N–H and O–H groups in total. The Morgan fingerprint density at radius 3 is 2.88 bits per heavy atom. The molecule has 0 atom stereocenters. The lowest BCUT2D eigenvalue weighted by atomic mass is 10.0. The van der Waals surface area contributed by atoms with Crippen LogP contribution in [0.4, 0.5) is 5.69 Å². The fourth-order valence-electron chi connectivity index (χ4n) is 2.29. The number of carbonyl (C=O) groups excluding carboxylic acids is 1. The number of hydrogen-bond acceptors (Lipinski definition) is 2. The predicted molar refractivity (Wildman–Crippen MR) is 66.9 cm³/mol. The van der Waals surface area contributed by atoms with Crippen LogP contribution in [-0.2, 0) is 11.2 Å². The molecule has 0 unspecified atom stereocenters. The number of fused-ring (bicyclic) bond motifs is 1. The van der Waals surface area contributed by atoms with E-state index in [2.05, 4.69) is 30.0 Å². The molecule has 1 aromatic carbocycles. The van der Waals surface area contributed by atoms with Crippen molar-refractivity contribution in [3.05, 3.63) is 29.8 Å². The largest absolute Gasteiger partial charge is 0.364 e. The minimum absolute atomic E-state index is 0.343. The van der Waals surface area contributed by atoms with E-state index in [0.29, 0.717) is 18.7 Å². The molecule has 1 aliphatic rings. The summed E-state index contributed by atoms with van der Waals surface area (Å²) in [6.07, 6.45) is 4.26. The number of anilines is 1. The average Bonchev–Trinajstić information content (AvgIpc) is 2.29. The van der Waals surface area contributed by atoms with Crippen LogP contribution in [-0.4, -0.2) is 18.9 Å². The standard InChI is InChI=1S/C14H19NO/c1-2-3-6-9-15-11-13(16)10-12-7-4-5-8-14(12)15/h4-5,7-8H,2-3,6,9-11H2,1H3. The predicted octanol–water partition coefficient (Wildman–Crippen LogP) is 2.81. The van der Waals surface area contributed by atoms with Gasteiger partial charge in [-0.1, -0.05) is 38.0 Å². The van der Waals surface area contributed by atoms with Crippen molar-refractivity contribution in [1.29, 1.82) is 0 Å². The smallest absolute Gasteiger partial charge is 0.156 e. The van der Waals surface area contributed by atoms with Crippen LogP contribution in [0, 0.1) is 0 Å². The molecule has 0 amide bonds. The summed E-state index contributed by atoms with van der Waals surface area (Å²) in [5.41, 5.74) is 2.45. The van der Waals surface area contributed by atoms with Crippen LogP contribution >= 0.6 is 0 Å². The molecular weight excluding hydrogens is 198 g/mol. The minimum Gasteiger partial charge on any atom is -0.364 e. The van der Waals surface area contributed by atoms with Gasteiger partial charge in [-0.05, 0) is 18.1 Å². The maximum absolute atomic E-state index is 11.6. The number of carbonyl (C=O) groups is 1. The van der Waals surface area contributed by atoms with Gasteiger partial charge in [0, 0.05) is 18.7 Å². The Labute approximate surface area is 97.3 Å². The van der Waals surface area contributed by atoms with E-state index in [-0.39, 0.29) is 0 Å². The average molecular weight is 217 g/mol. The van der Waals surface area contributed by atoms with Crippen molar-refractivity contribution in [2.75, 3.05) is 18.0 Å². The Balaban J connectivity index is 2.10. The summed E-state index contributed by atoms with van der Waals surface area (Å²) in [7, 11) is 0. The number of rotatable bonds is 4. The van der Waals surface area contributed by atoms with Crippen LogP contribution in [0.15, 0.2) is 24.3 Å². The molecule has 0 fully saturated rings. The number of Topliss-reactive ketones (excluding diaryl/α,β-unsaturated/α-hetero) is 1. The Bertz CT molecular complexity index is 373. The van der Waals surface area contributed by atoms with E-state index in [1.165, 1.54) is 30.5 Å². The fraction of sp³-hybridized carbons (Fsp3) is 0.500. The lowest BCUT2D eigenvalue weighted by molar-refractivity contribution is -0.117.